The van der Waals surface area contributed by atoms with E-state index in [2.05, 4.69) is 10.3 Å². The number of aliphatic carboxylic acids is 1. The van der Waals surface area contributed by atoms with Crippen molar-refractivity contribution in [2.75, 3.05) is 0 Å². The Kier molecular flexibility index (Phi) is 5.69. The molecule has 0 aromatic carbocycles. The minimum atomic E-state index is -1.01. The minimum absolute atomic E-state index is 0.203. The van der Waals surface area contributed by atoms with E-state index in [9.17, 15) is 9.59 Å². The predicted octanol–water partition coefficient (Wildman–Crippen LogP) is 2.08. The van der Waals surface area contributed by atoms with Crippen LogP contribution in [0.2, 0.25) is 0 Å². The smallest absolute Gasteiger partial charge is 0.326 e. The first kappa shape index (κ1) is 15.4. The van der Waals surface area contributed by atoms with Crippen molar-refractivity contribution in [1.29, 1.82) is 0 Å². The molecule has 6 heteroatoms. The van der Waals surface area contributed by atoms with Crippen molar-refractivity contribution in [3.63, 3.8) is 0 Å². The van der Waals surface area contributed by atoms with Gasteiger partial charge in [-0.3, -0.25) is 4.79 Å². The van der Waals surface area contributed by atoms with Gasteiger partial charge in [0.15, 0.2) is 0 Å². The minimum Gasteiger partial charge on any atom is -0.480 e. The number of rotatable bonds is 6. The highest BCUT2D eigenvalue weighted by molar-refractivity contribution is 7.12. The number of hydrogen-bond donors (Lipinski definition) is 2. The van der Waals surface area contributed by atoms with Gasteiger partial charge in [-0.2, -0.15) is 0 Å². The fraction of sp³-hybridized carbons (Fsp3) is 0.462. The molecule has 0 fully saturated rings. The lowest BCUT2D eigenvalue weighted by molar-refractivity contribution is -0.141. The summed E-state index contributed by atoms with van der Waals surface area (Å²) in [6.45, 7) is 5.71. The molecule has 1 aromatic rings. The Morgan fingerprint density at radius 1 is 1.53 bits per heavy atom. The molecule has 2 N–H and O–H groups in total. The third kappa shape index (κ3) is 5.65. The van der Waals surface area contributed by atoms with Crippen molar-refractivity contribution in [3.8, 4) is 0 Å². The van der Waals surface area contributed by atoms with Crippen LogP contribution >= 0.6 is 11.3 Å². The van der Waals surface area contributed by atoms with Crippen molar-refractivity contribution in [3.05, 3.63) is 22.2 Å². The van der Waals surface area contributed by atoms with Gasteiger partial charge in [-0.1, -0.05) is 13.8 Å². The highest BCUT2D eigenvalue weighted by Crippen LogP contribution is 2.13. The van der Waals surface area contributed by atoms with Gasteiger partial charge >= 0.3 is 5.97 Å². The number of thiazole rings is 1. The average Bonchev–Trinajstić information content (AvgIpc) is 2.71. The molecule has 0 saturated heterocycles. The van der Waals surface area contributed by atoms with E-state index in [0.717, 1.165) is 9.88 Å². The summed E-state index contributed by atoms with van der Waals surface area (Å²) in [5, 5.41) is 12.4. The number of amides is 1. The van der Waals surface area contributed by atoms with Gasteiger partial charge in [0.25, 0.3) is 0 Å². The summed E-state index contributed by atoms with van der Waals surface area (Å²) < 4.78 is 0. The van der Waals surface area contributed by atoms with Gasteiger partial charge in [-0.25, -0.2) is 9.78 Å². The normalized spacial score (nSPS) is 12.8. The summed E-state index contributed by atoms with van der Waals surface area (Å²) in [5.41, 5.74) is 0. The first-order valence-electron chi connectivity index (χ1n) is 6.02. The molecule has 0 radical (unpaired) electrons. The van der Waals surface area contributed by atoms with Crippen LogP contribution in [-0.2, 0) is 9.59 Å². The van der Waals surface area contributed by atoms with Gasteiger partial charge in [0.1, 0.15) is 6.04 Å². The Hall–Kier alpha value is -1.69. The van der Waals surface area contributed by atoms with E-state index in [-0.39, 0.29) is 5.92 Å². The second-order valence-corrected chi connectivity index (χ2v) is 5.91. The lowest BCUT2D eigenvalue weighted by Crippen LogP contribution is -2.40. The van der Waals surface area contributed by atoms with Gasteiger partial charge in [-0.05, 0) is 25.3 Å². The first-order chi connectivity index (χ1) is 8.88. The van der Waals surface area contributed by atoms with Gasteiger partial charge in [0, 0.05) is 17.2 Å². The zero-order chi connectivity index (χ0) is 14.4. The molecule has 0 bridgehead atoms. The van der Waals surface area contributed by atoms with E-state index in [4.69, 9.17) is 5.11 Å². The Morgan fingerprint density at radius 2 is 2.21 bits per heavy atom. The van der Waals surface area contributed by atoms with Gasteiger partial charge in [0.05, 0.1) is 5.01 Å². The molecule has 1 rings (SSSR count). The summed E-state index contributed by atoms with van der Waals surface area (Å²) in [6.07, 6.45) is 5.05. The third-order valence-corrected chi connectivity index (χ3v) is 3.24. The SMILES string of the molecule is Cc1ncc(/C=C/C(=O)NC(CC(C)C)C(=O)O)s1. The van der Waals surface area contributed by atoms with Crippen LogP contribution in [0, 0.1) is 12.8 Å². The van der Waals surface area contributed by atoms with Gasteiger partial charge < -0.3 is 10.4 Å². The molecule has 1 atom stereocenters. The maximum atomic E-state index is 11.6. The van der Waals surface area contributed by atoms with E-state index in [0.29, 0.717) is 6.42 Å². The Balaban J connectivity index is 2.57. The van der Waals surface area contributed by atoms with Crippen LogP contribution in [0.25, 0.3) is 6.08 Å². The lowest BCUT2D eigenvalue weighted by atomic mass is 10.0. The van der Waals surface area contributed by atoms with E-state index in [1.165, 1.54) is 17.4 Å². The maximum absolute atomic E-state index is 11.6. The summed E-state index contributed by atoms with van der Waals surface area (Å²) >= 11 is 1.47. The number of nitrogens with zero attached hydrogens (tertiary/aromatic N) is 1. The first-order valence-corrected chi connectivity index (χ1v) is 6.84. The summed E-state index contributed by atoms with van der Waals surface area (Å²) in [7, 11) is 0. The van der Waals surface area contributed by atoms with Gasteiger partial charge in [-0.15, -0.1) is 11.3 Å². The number of carboxylic acid groups (broad SMARTS) is 1. The van der Waals surface area contributed by atoms with Crippen LogP contribution in [0.15, 0.2) is 12.3 Å². The molecule has 0 aliphatic carbocycles. The molecule has 0 aliphatic rings. The largest absolute Gasteiger partial charge is 0.480 e. The van der Waals surface area contributed by atoms with Crippen molar-refractivity contribution < 1.29 is 14.7 Å². The Morgan fingerprint density at radius 3 is 2.68 bits per heavy atom. The maximum Gasteiger partial charge on any atom is 0.326 e. The fourth-order valence-corrected chi connectivity index (χ4v) is 2.21. The number of carbonyl (C=O) groups is 2. The fourth-order valence-electron chi connectivity index (χ4n) is 1.53. The molecule has 104 valence electrons. The Labute approximate surface area is 116 Å². The van der Waals surface area contributed by atoms with E-state index < -0.39 is 17.9 Å². The van der Waals surface area contributed by atoms with E-state index >= 15 is 0 Å². The number of nitrogens with one attached hydrogen (secondary N) is 1. The van der Waals surface area contributed by atoms with Crippen LogP contribution in [0.4, 0.5) is 0 Å². The number of hydrogen-bond acceptors (Lipinski definition) is 4. The van der Waals surface area contributed by atoms with Crippen molar-refractivity contribution in [2.45, 2.75) is 33.2 Å². The Bertz CT molecular complexity index is 480. The topological polar surface area (TPSA) is 79.3 Å². The van der Waals surface area contributed by atoms with Crippen molar-refractivity contribution in [2.24, 2.45) is 5.92 Å². The van der Waals surface area contributed by atoms with Crippen molar-refractivity contribution in [1.82, 2.24) is 10.3 Å². The summed E-state index contributed by atoms with van der Waals surface area (Å²) in [5.74, 6) is -1.21. The van der Waals surface area contributed by atoms with E-state index in [1.54, 1.807) is 12.3 Å². The predicted molar refractivity (Wildman–Crippen MR) is 74.9 cm³/mol. The molecule has 0 saturated carbocycles. The number of carbonyl (C=O) groups excluding carboxylic acids is 1. The van der Waals surface area contributed by atoms with Crippen LogP contribution in [0.1, 0.15) is 30.2 Å². The number of aromatic nitrogens is 1. The molecule has 0 aliphatic heterocycles. The molecule has 5 nitrogen and oxygen atoms in total. The average molecular weight is 282 g/mol. The van der Waals surface area contributed by atoms with E-state index in [1.807, 2.05) is 20.8 Å². The monoisotopic (exact) mass is 282 g/mol. The van der Waals surface area contributed by atoms with Crippen molar-refractivity contribution >= 4 is 29.3 Å². The number of aryl methyl sites for hydroxylation is 1. The molecule has 1 heterocycles. The zero-order valence-corrected chi connectivity index (χ0v) is 12.0. The van der Waals surface area contributed by atoms with Crippen LogP contribution < -0.4 is 5.32 Å². The molecular weight excluding hydrogens is 264 g/mol. The molecule has 1 amide bonds. The summed E-state index contributed by atoms with van der Waals surface area (Å²) in [4.78, 5) is 27.6. The molecular formula is C13H18N2O3S. The molecule has 0 spiro atoms. The van der Waals surface area contributed by atoms with Crippen LogP contribution in [-0.4, -0.2) is 28.0 Å². The van der Waals surface area contributed by atoms with Crippen LogP contribution in [0.5, 0.6) is 0 Å². The molecule has 1 aromatic heterocycles. The van der Waals surface area contributed by atoms with Crippen LogP contribution in [0.3, 0.4) is 0 Å². The standard InChI is InChI=1S/C13H18N2O3S/c1-8(2)6-11(13(17)18)15-12(16)5-4-10-7-14-9(3)19-10/h4-5,7-8,11H,6H2,1-3H3,(H,15,16)(H,17,18)/b5-4+. The highest BCUT2D eigenvalue weighted by Gasteiger charge is 2.19. The zero-order valence-electron chi connectivity index (χ0n) is 11.2. The quantitative estimate of drug-likeness (QED) is 0.783. The molecule has 1 unspecified atom stereocenters. The van der Waals surface area contributed by atoms with Gasteiger partial charge in [0.2, 0.25) is 5.91 Å². The lowest BCUT2D eigenvalue weighted by Gasteiger charge is -2.15. The summed E-state index contributed by atoms with van der Waals surface area (Å²) in [6, 6.07) is -0.847. The third-order valence-electron chi connectivity index (χ3n) is 2.36. The number of carboxylic acids is 1. The molecule has 19 heavy (non-hydrogen) atoms. The second-order valence-electron chi connectivity index (χ2n) is 4.64. The highest BCUT2D eigenvalue weighted by atomic mass is 32.1. The second kappa shape index (κ2) is 7.04.